The predicted octanol–water partition coefficient (Wildman–Crippen LogP) is 3.91. The Morgan fingerprint density at radius 1 is 0.857 bits per heavy atom. The minimum atomic E-state index is -0.505. The second kappa shape index (κ2) is 10.1. The molecule has 2 amide bonds. The molecule has 5 rings (SSSR count). The fourth-order valence-corrected chi connectivity index (χ4v) is 5.75. The number of amides is 2. The number of hydrogen-bond donors (Lipinski definition) is 0. The summed E-state index contributed by atoms with van der Waals surface area (Å²) in [5.74, 6) is -0.817. The molecular formula is C28H32N2O5. The van der Waals surface area contributed by atoms with E-state index in [9.17, 15) is 14.4 Å². The smallest absolute Gasteiger partial charge is 0.310 e. The van der Waals surface area contributed by atoms with Crippen molar-refractivity contribution in [1.82, 2.24) is 0 Å². The molecule has 2 aromatic rings. The van der Waals surface area contributed by atoms with E-state index in [1.807, 2.05) is 41.3 Å². The van der Waals surface area contributed by atoms with Crippen molar-refractivity contribution in [3.63, 3.8) is 0 Å². The maximum absolute atomic E-state index is 13.5. The largest absolute Gasteiger partial charge is 0.497 e. The number of esters is 1. The number of rotatable bonds is 5. The first-order valence-electron chi connectivity index (χ1n) is 12.6. The van der Waals surface area contributed by atoms with Crippen LogP contribution in [0.5, 0.6) is 5.75 Å². The molecule has 0 spiro atoms. The summed E-state index contributed by atoms with van der Waals surface area (Å²) in [6, 6.07) is 13.6. The molecule has 0 N–H and O–H groups in total. The van der Waals surface area contributed by atoms with Gasteiger partial charge in [-0.3, -0.25) is 14.4 Å². The fraction of sp³-hybridized carbons (Fsp3) is 0.464. The molecule has 2 aromatic carbocycles. The molecule has 2 atom stereocenters. The number of fused-ring (bicyclic) bond motifs is 2. The number of para-hydroxylation sites is 1. The van der Waals surface area contributed by atoms with E-state index in [1.165, 1.54) is 5.56 Å². The van der Waals surface area contributed by atoms with E-state index in [0.29, 0.717) is 25.9 Å². The highest BCUT2D eigenvalue weighted by molar-refractivity contribution is 6.00. The molecule has 3 aliphatic rings. The van der Waals surface area contributed by atoms with Crippen molar-refractivity contribution in [2.45, 2.75) is 44.9 Å². The van der Waals surface area contributed by atoms with Crippen LogP contribution in [0.1, 0.15) is 43.2 Å². The van der Waals surface area contributed by atoms with Crippen LogP contribution in [0.4, 0.5) is 11.4 Å². The van der Waals surface area contributed by atoms with Crippen molar-refractivity contribution < 1.29 is 23.9 Å². The summed E-state index contributed by atoms with van der Waals surface area (Å²) in [6.07, 6.45) is 5.65. The van der Waals surface area contributed by atoms with Gasteiger partial charge in [0.05, 0.1) is 18.9 Å². The average Bonchev–Trinajstić information content (AvgIpc) is 3.34. The Labute approximate surface area is 206 Å². The Morgan fingerprint density at radius 2 is 1.63 bits per heavy atom. The lowest BCUT2D eigenvalue weighted by atomic mass is 9.78. The molecule has 0 saturated heterocycles. The van der Waals surface area contributed by atoms with Gasteiger partial charge in [-0.15, -0.1) is 0 Å². The number of anilines is 2. The van der Waals surface area contributed by atoms with Crippen molar-refractivity contribution in [3.05, 3.63) is 53.6 Å². The third kappa shape index (κ3) is 4.64. The van der Waals surface area contributed by atoms with E-state index in [-0.39, 0.29) is 18.4 Å². The van der Waals surface area contributed by atoms with Crippen LogP contribution in [0, 0.1) is 11.8 Å². The van der Waals surface area contributed by atoms with E-state index >= 15 is 0 Å². The molecule has 0 aromatic heterocycles. The van der Waals surface area contributed by atoms with Crippen LogP contribution >= 0.6 is 0 Å². The number of aryl methyl sites for hydroxylation is 1. The first-order chi connectivity index (χ1) is 17.1. The van der Waals surface area contributed by atoms with E-state index in [2.05, 4.69) is 6.07 Å². The number of hydrogen-bond acceptors (Lipinski definition) is 5. The molecule has 0 bridgehead atoms. The van der Waals surface area contributed by atoms with E-state index in [0.717, 1.165) is 54.8 Å². The highest BCUT2D eigenvalue weighted by Gasteiger charge is 2.40. The molecule has 2 aliphatic heterocycles. The summed E-state index contributed by atoms with van der Waals surface area (Å²) in [5, 5.41) is 0. The lowest BCUT2D eigenvalue weighted by Crippen LogP contribution is -2.43. The average molecular weight is 477 g/mol. The van der Waals surface area contributed by atoms with E-state index < -0.39 is 17.8 Å². The lowest BCUT2D eigenvalue weighted by molar-refractivity contribution is -0.156. The molecular weight excluding hydrogens is 444 g/mol. The molecule has 0 radical (unpaired) electrons. The third-order valence-electron chi connectivity index (χ3n) is 7.58. The van der Waals surface area contributed by atoms with Gasteiger partial charge in [0, 0.05) is 24.5 Å². The van der Waals surface area contributed by atoms with Gasteiger partial charge in [-0.1, -0.05) is 31.0 Å². The minimum Gasteiger partial charge on any atom is -0.497 e. The molecule has 1 aliphatic carbocycles. The monoisotopic (exact) mass is 476 g/mol. The standard InChI is InChI=1S/C28H32N2O5/c1-34-21-12-13-25-20(17-21)8-6-15-29(25)26(31)18-35-28(33)23-10-4-3-9-22(23)27(32)30-16-14-19-7-2-5-11-24(19)30/h2,5,7,11-13,17,22-23H,3-4,6,8-10,14-16,18H2,1H3. The Morgan fingerprint density at radius 3 is 2.46 bits per heavy atom. The highest BCUT2D eigenvalue weighted by atomic mass is 16.5. The highest BCUT2D eigenvalue weighted by Crippen LogP contribution is 2.36. The molecule has 35 heavy (non-hydrogen) atoms. The summed E-state index contributed by atoms with van der Waals surface area (Å²) in [6.45, 7) is 0.928. The van der Waals surface area contributed by atoms with Gasteiger partial charge in [0.2, 0.25) is 5.91 Å². The summed E-state index contributed by atoms with van der Waals surface area (Å²) < 4.78 is 10.8. The summed E-state index contributed by atoms with van der Waals surface area (Å²) >= 11 is 0. The second-order valence-electron chi connectivity index (χ2n) is 9.62. The second-order valence-corrected chi connectivity index (χ2v) is 9.62. The predicted molar refractivity (Wildman–Crippen MR) is 133 cm³/mol. The molecule has 1 fully saturated rings. The van der Waals surface area contributed by atoms with Crippen LogP contribution in [0.15, 0.2) is 42.5 Å². The van der Waals surface area contributed by atoms with Gasteiger partial charge in [0.25, 0.3) is 5.91 Å². The molecule has 7 heteroatoms. The number of nitrogens with zero attached hydrogens (tertiary/aromatic N) is 2. The minimum absolute atomic E-state index is 0.00170. The number of carbonyl (C=O) groups is 3. The zero-order valence-electron chi connectivity index (χ0n) is 20.2. The van der Waals surface area contributed by atoms with Gasteiger partial charge in [0.15, 0.2) is 6.61 Å². The van der Waals surface area contributed by atoms with E-state index in [1.54, 1.807) is 12.0 Å². The maximum atomic E-state index is 13.5. The summed E-state index contributed by atoms with van der Waals surface area (Å²) in [5.41, 5.74) is 4.02. The number of ether oxygens (including phenoxy) is 2. The van der Waals surface area contributed by atoms with Crippen LogP contribution in [-0.2, 0) is 32.0 Å². The van der Waals surface area contributed by atoms with E-state index in [4.69, 9.17) is 9.47 Å². The topological polar surface area (TPSA) is 76.1 Å². The van der Waals surface area contributed by atoms with Crippen LogP contribution in [-0.4, -0.2) is 44.6 Å². The van der Waals surface area contributed by atoms with Crippen molar-refractivity contribution in [1.29, 1.82) is 0 Å². The van der Waals surface area contributed by atoms with Crippen molar-refractivity contribution in [2.24, 2.45) is 11.8 Å². The molecule has 2 heterocycles. The molecule has 184 valence electrons. The fourth-order valence-electron chi connectivity index (χ4n) is 5.75. The quantitative estimate of drug-likeness (QED) is 0.612. The van der Waals surface area contributed by atoms with Gasteiger partial charge < -0.3 is 19.3 Å². The maximum Gasteiger partial charge on any atom is 0.310 e. The number of carbonyl (C=O) groups excluding carboxylic acids is 3. The Bertz CT molecular complexity index is 1130. The van der Waals surface area contributed by atoms with Crippen LogP contribution < -0.4 is 14.5 Å². The summed E-state index contributed by atoms with van der Waals surface area (Å²) in [7, 11) is 1.62. The Balaban J connectivity index is 1.24. The zero-order valence-corrected chi connectivity index (χ0v) is 20.2. The van der Waals surface area contributed by atoms with Gasteiger partial charge in [-0.05, 0) is 67.5 Å². The molecule has 1 saturated carbocycles. The van der Waals surface area contributed by atoms with Gasteiger partial charge in [-0.2, -0.15) is 0 Å². The zero-order chi connectivity index (χ0) is 24.4. The van der Waals surface area contributed by atoms with Gasteiger partial charge >= 0.3 is 5.97 Å². The van der Waals surface area contributed by atoms with Gasteiger partial charge in [-0.25, -0.2) is 0 Å². The van der Waals surface area contributed by atoms with Crippen LogP contribution in [0.2, 0.25) is 0 Å². The van der Waals surface area contributed by atoms with Crippen LogP contribution in [0.25, 0.3) is 0 Å². The Kier molecular flexibility index (Phi) is 6.75. The SMILES string of the molecule is COc1ccc2c(c1)CCCN2C(=O)COC(=O)C1CCCCC1C(=O)N1CCc2ccccc21. The number of methoxy groups -OCH3 is 1. The first-order valence-corrected chi connectivity index (χ1v) is 12.6. The Hall–Kier alpha value is -3.35. The van der Waals surface area contributed by atoms with Crippen LogP contribution in [0.3, 0.4) is 0 Å². The van der Waals surface area contributed by atoms with Gasteiger partial charge in [0.1, 0.15) is 5.75 Å². The summed E-state index contributed by atoms with van der Waals surface area (Å²) in [4.78, 5) is 43.1. The molecule has 7 nitrogen and oxygen atoms in total. The van der Waals surface area contributed by atoms with Crippen molar-refractivity contribution in [3.8, 4) is 5.75 Å². The third-order valence-corrected chi connectivity index (χ3v) is 7.58. The van der Waals surface area contributed by atoms with Crippen molar-refractivity contribution in [2.75, 3.05) is 36.6 Å². The number of benzene rings is 2. The normalized spacial score (nSPS) is 21.2. The molecule has 2 unspecified atom stereocenters. The van der Waals surface area contributed by atoms with Crippen molar-refractivity contribution >= 4 is 29.2 Å². The first kappa shape index (κ1) is 23.4. The lowest BCUT2D eigenvalue weighted by Gasteiger charge is -2.33.